The molecule has 0 fully saturated rings. The number of rotatable bonds is 8. The van der Waals surface area contributed by atoms with Crippen LogP contribution < -0.4 is 10.0 Å². The molecule has 0 spiro atoms. The van der Waals surface area contributed by atoms with Crippen LogP contribution in [0.3, 0.4) is 0 Å². The van der Waals surface area contributed by atoms with E-state index in [1.54, 1.807) is 19.4 Å². The van der Waals surface area contributed by atoms with Gasteiger partial charge in [0.25, 0.3) is 10.2 Å². The second kappa shape index (κ2) is 7.49. The molecule has 8 heteroatoms. The Labute approximate surface area is 114 Å². The zero-order valence-electron chi connectivity index (χ0n) is 11.5. The van der Waals surface area contributed by atoms with Gasteiger partial charge in [0.15, 0.2) is 0 Å². The van der Waals surface area contributed by atoms with Crippen LogP contribution in [0, 0.1) is 6.92 Å². The molecule has 0 bridgehead atoms. The smallest absolute Gasteiger partial charge is 0.279 e. The monoisotopic (exact) mass is 287 g/mol. The van der Waals surface area contributed by atoms with Crippen LogP contribution in [0.5, 0.6) is 0 Å². The molecule has 1 aromatic rings. The summed E-state index contributed by atoms with van der Waals surface area (Å²) < 4.78 is 27.6. The summed E-state index contributed by atoms with van der Waals surface area (Å²) in [5, 5.41) is 2.98. The molecule has 0 aliphatic rings. The predicted octanol–water partition coefficient (Wildman–Crippen LogP) is -0.339. The minimum Gasteiger partial charge on any atom is -0.320 e. The first kappa shape index (κ1) is 16.0. The number of hydrogen-bond donors (Lipinski definition) is 2. The van der Waals surface area contributed by atoms with E-state index in [9.17, 15) is 8.42 Å². The fourth-order valence-electron chi connectivity index (χ4n) is 1.38. The van der Waals surface area contributed by atoms with Crippen molar-refractivity contribution in [1.29, 1.82) is 0 Å². The van der Waals surface area contributed by atoms with Crippen LogP contribution in [0.4, 0.5) is 0 Å². The maximum atomic E-state index is 11.9. The van der Waals surface area contributed by atoms with Crippen molar-refractivity contribution >= 4 is 10.2 Å². The van der Waals surface area contributed by atoms with Crippen molar-refractivity contribution in [2.75, 3.05) is 27.2 Å². The van der Waals surface area contributed by atoms with Gasteiger partial charge in [-0.3, -0.25) is 9.97 Å². The van der Waals surface area contributed by atoms with Crippen LogP contribution in [0.2, 0.25) is 0 Å². The summed E-state index contributed by atoms with van der Waals surface area (Å²) >= 11 is 0. The van der Waals surface area contributed by atoms with E-state index in [0.29, 0.717) is 12.2 Å². The Morgan fingerprint density at radius 2 is 2.05 bits per heavy atom. The Bertz CT molecular complexity index is 474. The quantitative estimate of drug-likeness (QED) is 0.639. The third-order valence-corrected chi connectivity index (χ3v) is 4.09. The Kier molecular flexibility index (Phi) is 6.29. The minimum absolute atomic E-state index is 0.145. The van der Waals surface area contributed by atoms with E-state index < -0.39 is 10.2 Å². The van der Waals surface area contributed by atoms with E-state index in [1.807, 2.05) is 14.0 Å². The standard InChI is InChI=1S/C11H21N5O2S/c1-10-7-14-11(8-13-10)9-15-19(17,18)16(3)6-4-5-12-2/h7-8,12,15H,4-6,9H2,1-3H3. The molecular formula is C11H21N5O2S. The molecule has 0 unspecified atom stereocenters. The van der Waals surface area contributed by atoms with Crippen LogP contribution in [0.1, 0.15) is 17.8 Å². The van der Waals surface area contributed by atoms with Crippen molar-refractivity contribution in [3.05, 3.63) is 23.8 Å². The molecule has 0 aliphatic carbocycles. The van der Waals surface area contributed by atoms with E-state index in [2.05, 4.69) is 20.0 Å². The lowest BCUT2D eigenvalue weighted by atomic mass is 10.4. The number of nitrogens with one attached hydrogen (secondary N) is 2. The molecular weight excluding hydrogens is 266 g/mol. The third-order valence-electron chi connectivity index (χ3n) is 2.58. The van der Waals surface area contributed by atoms with Crippen LogP contribution in [0.25, 0.3) is 0 Å². The van der Waals surface area contributed by atoms with E-state index in [4.69, 9.17) is 0 Å². The van der Waals surface area contributed by atoms with Crippen molar-refractivity contribution in [2.24, 2.45) is 0 Å². The lowest BCUT2D eigenvalue weighted by Gasteiger charge is -2.17. The molecule has 0 aromatic carbocycles. The first-order valence-corrected chi connectivity index (χ1v) is 7.53. The second-order valence-electron chi connectivity index (χ2n) is 4.25. The van der Waals surface area contributed by atoms with E-state index in [0.717, 1.165) is 18.7 Å². The van der Waals surface area contributed by atoms with Crippen LogP contribution in [0.15, 0.2) is 12.4 Å². The van der Waals surface area contributed by atoms with E-state index in [1.165, 1.54) is 4.31 Å². The van der Waals surface area contributed by atoms with Gasteiger partial charge in [0.1, 0.15) is 0 Å². The molecule has 0 aliphatic heterocycles. The van der Waals surface area contributed by atoms with Gasteiger partial charge in [0.05, 0.1) is 24.1 Å². The third kappa shape index (κ3) is 5.60. The highest BCUT2D eigenvalue weighted by Crippen LogP contribution is 1.99. The molecule has 0 amide bonds. The van der Waals surface area contributed by atoms with Gasteiger partial charge in [0.2, 0.25) is 0 Å². The normalized spacial score (nSPS) is 12.0. The number of nitrogens with zero attached hydrogens (tertiary/aromatic N) is 3. The van der Waals surface area contributed by atoms with Gasteiger partial charge >= 0.3 is 0 Å². The zero-order valence-corrected chi connectivity index (χ0v) is 12.4. The summed E-state index contributed by atoms with van der Waals surface area (Å²) in [6, 6.07) is 0. The summed E-state index contributed by atoms with van der Waals surface area (Å²) in [4.78, 5) is 8.16. The van der Waals surface area contributed by atoms with Gasteiger partial charge in [-0.1, -0.05) is 0 Å². The van der Waals surface area contributed by atoms with Crippen LogP contribution in [-0.4, -0.2) is 49.9 Å². The Morgan fingerprint density at radius 1 is 1.32 bits per heavy atom. The first-order chi connectivity index (χ1) is 8.95. The van der Waals surface area contributed by atoms with Gasteiger partial charge < -0.3 is 5.32 Å². The number of hydrogen-bond acceptors (Lipinski definition) is 5. The number of aryl methyl sites for hydroxylation is 1. The van der Waals surface area contributed by atoms with Crippen molar-refractivity contribution in [2.45, 2.75) is 19.9 Å². The molecule has 1 heterocycles. The minimum atomic E-state index is -3.46. The Hall–Kier alpha value is -1.09. The molecule has 2 N–H and O–H groups in total. The fourth-order valence-corrected chi connectivity index (χ4v) is 2.30. The highest BCUT2D eigenvalue weighted by molar-refractivity contribution is 7.87. The molecule has 108 valence electrons. The van der Waals surface area contributed by atoms with E-state index in [-0.39, 0.29) is 6.54 Å². The predicted molar refractivity (Wildman–Crippen MR) is 73.7 cm³/mol. The average molecular weight is 287 g/mol. The van der Waals surface area contributed by atoms with Gasteiger partial charge in [-0.25, -0.2) is 0 Å². The highest BCUT2D eigenvalue weighted by atomic mass is 32.2. The summed E-state index contributed by atoms with van der Waals surface area (Å²) in [6.45, 7) is 3.22. The number of aromatic nitrogens is 2. The topological polar surface area (TPSA) is 87.2 Å². The van der Waals surface area contributed by atoms with E-state index >= 15 is 0 Å². The lowest BCUT2D eigenvalue weighted by molar-refractivity contribution is 0.447. The average Bonchev–Trinajstić information content (AvgIpc) is 2.38. The van der Waals surface area contributed by atoms with Crippen molar-refractivity contribution in [1.82, 2.24) is 24.3 Å². The molecule has 1 rings (SSSR count). The van der Waals surface area contributed by atoms with Gasteiger partial charge in [-0.2, -0.15) is 17.4 Å². The maximum Gasteiger partial charge on any atom is 0.279 e. The van der Waals surface area contributed by atoms with Crippen LogP contribution in [-0.2, 0) is 16.8 Å². The molecule has 0 atom stereocenters. The van der Waals surface area contributed by atoms with Crippen molar-refractivity contribution in [3.63, 3.8) is 0 Å². The summed E-state index contributed by atoms with van der Waals surface area (Å²) in [5.41, 5.74) is 1.40. The Balaban J connectivity index is 2.47. The molecule has 0 saturated carbocycles. The van der Waals surface area contributed by atoms with Gasteiger partial charge in [-0.05, 0) is 26.9 Å². The highest BCUT2D eigenvalue weighted by Gasteiger charge is 2.16. The SMILES string of the molecule is CNCCCN(C)S(=O)(=O)NCc1cnc(C)cn1. The summed E-state index contributed by atoms with van der Waals surface area (Å²) in [5.74, 6) is 0. The molecule has 19 heavy (non-hydrogen) atoms. The molecule has 1 aromatic heterocycles. The lowest BCUT2D eigenvalue weighted by Crippen LogP contribution is -2.39. The van der Waals surface area contributed by atoms with Crippen molar-refractivity contribution in [3.8, 4) is 0 Å². The largest absolute Gasteiger partial charge is 0.320 e. The molecule has 7 nitrogen and oxygen atoms in total. The van der Waals surface area contributed by atoms with Gasteiger partial charge in [-0.15, -0.1) is 0 Å². The molecule has 0 saturated heterocycles. The van der Waals surface area contributed by atoms with Gasteiger partial charge in [0, 0.05) is 19.8 Å². The summed E-state index contributed by atoms with van der Waals surface area (Å²) in [7, 11) is -0.0708. The van der Waals surface area contributed by atoms with Crippen LogP contribution >= 0.6 is 0 Å². The maximum absolute atomic E-state index is 11.9. The fraction of sp³-hybridized carbons (Fsp3) is 0.636. The zero-order chi connectivity index (χ0) is 14.3. The van der Waals surface area contributed by atoms with Crippen molar-refractivity contribution < 1.29 is 8.42 Å². The summed E-state index contributed by atoms with van der Waals surface area (Å²) in [6.07, 6.45) is 3.94. The Morgan fingerprint density at radius 3 is 2.63 bits per heavy atom. The molecule has 0 radical (unpaired) electrons. The second-order valence-corrected chi connectivity index (χ2v) is 6.12. The first-order valence-electron chi connectivity index (χ1n) is 6.09.